The molecule has 0 heterocycles. The number of carbonyl (C=O) groups is 2. The summed E-state index contributed by atoms with van der Waals surface area (Å²) in [5.74, 6) is -3.59. The van der Waals surface area contributed by atoms with Crippen molar-refractivity contribution in [2.75, 3.05) is 67.6 Å². The molecule has 0 saturated carbocycles. The number of hydrogen-bond acceptors (Lipinski definition) is 9. The predicted molar refractivity (Wildman–Crippen MR) is 137 cm³/mol. The summed E-state index contributed by atoms with van der Waals surface area (Å²) in [4.78, 5) is 30.3. The molecule has 0 amide bonds. The van der Waals surface area contributed by atoms with Crippen LogP contribution in [0.3, 0.4) is 0 Å². The second-order valence-corrected chi connectivity index (χ2v) is 8.53. The normalized spacial score (nSPS) is 17.0. The molecule has 4 unspecified atom stereocenters. The Hall–Kier alpha value is -1.34. The second kappa shape index (κ2) is 17.2. The molecule has 0 aliphatic carbocycles. The number of carboxylic acids is 2. The van der Waals surface area contributed by atoms with Gasteiger partial charge in [-0.15, -0.1) is 0 Å². The van der Waals surface area contributed by atoms with Crippen molar-refractivity contribution in [3.63, 3.8) is 0 Å². The van der Waals surface area contributed by atoms with Gasteiger partial charge in [0, 0.05) is 13.2 Å². The summed E-state index contributed by atoms with van der Waals surface area (Å²) < 4.78 is 16.3. The molecular weight excluding hydrogens is 456 g/mol. The average molecular weight is 509 g/mol. The zero-order chi connectivity index (χ0) is 28.0. The summed E-state index contributed by atoms with van der Waals surface area (Å²) in [7, 11) is 8.32. The Bertz CT molecular complexity index is 550. The fourth-order valence-electron chi connectivity index (χ4n) is 3.80. The first kappa shape index (κ1) is 35.8. The van der Waals surface area contributed by atoms with E-state index in [1.165, 1.54) is 0 Å². The molecule has 35 heavy (non-hydrogen) atoms. The van der Waals surface area contributed by atoms with Gasteiger partial charge >= 0.3 is 11.9 Å². The smallest absolute Gasteiger partial charge is 0.336 e. The lowest BCUT2D eigenvalue weighted by Gasteiger charge is -2.54. The molecule has 0 radical (unpaired) electrons. The lowest BCUT2D eigenvalue weighted by atomic mass is 10.2. The number of nitrogens with zero attached hydrogens (tertiary/aromatic N) is 4. The second-order valence-electron chi connectivity index (χ2n) is 8.53. The molecule has 0 aromatic rings. The summed E-state index contributed by atoms with van der Waals surface area (Å²) in [6, 6.07) is 0. The van der Waals surface area contributed by atoms with Crippen LogP contribution >= 0.6 is 0 Å². The average Bonchev–Trinajstić information content (AvgIpc) is 2.77. The minimum absolute atomic E-state index is 0.119. The minimum Gasteiger partial charge on any atom is -0.479 e. The van der Waals surface area contributed by atoms with Crippen LogP contribution in [0.25, 0.3) is 0 Å². The van der Waals surface area contributed by atoms with Gasteiger partial charge in [-0.3, -0.25) is 19.6 Å². The van der Waals surface area contributed by atoms with Gasteiger partial charge in [-0.25, -0.2) is 9.59 Å². The fraction of sp³-hybridized carbons (Fsp3) is 0.917. The molecule has 11 heteroatoms. The summed E-state index contributed by atoms with van der Waals surface area (Å²) in [6.45, 7) is 20.2. The maximum atomic E-state index is 10.6. The van der Waals surface area contributed by atoms with Crippen LogP contribution in [0.2, 0.25) is 0 Å². The Morgan fingerprint density at radius 1 is 0.657 bits per heavy atom. The van der Waals surface area contributed by atoms with E-state index in [2.05, 4.69) is 89.3 Å². The number of carboxylic acid groups (broad SMARTS) is 2. The van der Waals surface area contributed by atoms with Crippen LogP contribution in [0.4, 0.5) is 0 Å². The highest BCUT2D eigenvalue weighted by Gasteiger charge is 2.45. The van der Waals surface area contributed by atoms with Crippen LogP contribution in [0.15, 0.2) is 0 Å². The molecule has 4 atom stereocenters. The van der Waals surface area contributed by atoms with Gasteiger partial charge in [0.05, 0.1) is 0 Å². The van der Waals surface area contributed by atoms with Gasteiger partial charge in [-0.1, -0.05) is 27.7 Å². The molecule has 2 N–H and O–H groups in total. The van der Waals surface area contributed by atoms with Crippen LogP contribution < -0.4 is 0 Å². The molecule has 0 spiro atoms. The third-order valence-corrected chi connectivity index (χ3v) is 6.20. The van der Waals surface area contributed by atoms with E-state index < -0.39 is 35.8 Å². The Balaban J connectivity index is 0. The van der Waals surface area contributed by atoms with E-state index in [1.54, 1.807) is 13.8 Å². The molecule has 0 aliphatic rings. The number of ether oxygens (including phenoxy) is 3. The Morgan fingerprint density at radius 2 is 0.914 bits per heavy atom. The first-order chi connectivity index (χ1) is 16.2. The van der Waals surface area contributed by atoms with E-state index in [4.69, 9.17) is 24.4 Å². The van der Waals surface area contributed by atoms with Crippen molar-refractivity contribution in [3.05, 3.63) is 0 Å². The first-order valence-electron chi connectivity index (χ1n) is 12.4. The molecule has 0 rings (SSSR count). The standard InChI is InChI=1S/C16H38N4O.C8H14O6/c1-11-19(12-2)15(5,17(7)8)21-16(6,18(9)10)20(13-3)14-4;1-3-13-5(7(9)10)6(8(11)12)14-4-2/h11-14H2,1-10H3;5-6H,3-4H2,1-2H3,(H,9,10)(H,11,12). The molecule has 0 aromatic heterocycles. The van der Waals surface area contributed by atoms with E-state index in [1.807, 2.05) is 0 Å². The van der Waals surface area contributed by atoms with Gasteiger partial charge in [0.25, 0.3) is 0 Å². The van der Waals surface area contributed by atoms with Gasteiger partial charge in [0.2, 0.25) is 0 Å². The summed E-state index contributed by atoms with van der Waals surface area (Å²) >= 11 is 0. The highest BCUT2D eigenvalue weighted by atomic mass is 16.6. The molecule has 0 fully saturated rings. The molecule has 0 bridgehead atoms. The fourth-order valence-corrected chi connectivity index (χ4v) is 3.80. The number of rotatable bonds is 17. The highest BCUT2D eigenvalue weighted by Crippen LogP contribution is 2.30. The monoisotopic (exact) mass is 508 g/mol. The molecule has 11 nitrogen and oxygen atoms in total. The van der Waals surface area contributed by atoms with Gasteiger partial charge in [-0.05, 0) is 82.1 Å². The molecule has 0 aromatic carbocycles. The molecule has 0 saturated heterocycles. The van der Waals surface area contributed by atoms with E-state index in [9.17, 15) is 9.59 Å². The maximum Gasteiger partial charge on any atom is 0.336 e. The van der Waals surface area contributed by atoms with Gasteiger partial charge in [-0.2, -0.15) is 0 Å². The highest BCUT2D eigenvalue weighted by molar-refractivity contribution is 5.83. The SMILES string of the molecule is CCN(CC)C(C)(OC(C)(N(C)C)N(CC)CC)N(C)C.CCOC(C(=O)O)C(OCC)C(=O)O. The van der Waals surface area contributed by atoms with Crippen molar-refractivity contribution in [2.24, 2.45) is 0 Å². The first-order valence-corrected chi connectivity index (χ1v) is 12.4. The summed E-state index contributed by atoms with van der Waals surface area (Å²) in [5.41, 5.74) is 0. The lowest BCUT2D eigenvalue weighted by Crippen LogP contribution is -2.68. The van der Waals surface area contributed by atoms with Crippen molar-refractivity contribution in [3.8, 4) is 0 Å². The maximum absolute atomic E-state index is 10.6. The van der Waals surface area contributed by atoms with E-state index >= 15 is 0 Å². The molecule has 210 valence electrons. The van der Waals surface area contributed by atoms with Crippen molar-refractivity contribution < 1.29 is 34.0 Å². The lowest BCUT2D eigenvalue weighted by molar-refractivity contribution is -0.347. The third kappa shape index (κ3) is 10.3. The van der Waals surface area contributed by atoms with E-state index in [-0.39, 0.29) is 13.2 Å². The van der Waals surface area contributed by atoms with Gasteiger partial charge < -0.3 is 24.4 Å². The number of hydrogen-bond donors (Lipinski definition) is 2. The zero-order valence-electron chi connectivity index (χ0n) is 24.1. The van der Waals surface area contributed by atoms with Crippen LogP contribution in [0, 0.1) is 0 Å². The zero-order valence-corrected chi connectivity index (χ0v) is 24.1. The Morgan fingerprint density at radius 3 is 1.06 bits per heavy atom. The van der Waals surface area contributed by atoms with Crippen molar-refractivity contribution in [1.29, 1.82) is 0 Å². The van der Waals surface area contributed by atoms with Crippen LogP contribution in [0.1, 0.15) is 55.4 Å². The van der Waals surface area contributed by atoms with Crippen molar-refractivity contribution in [2.45, 2.75) is 79.3 Å². The van der Waals surface area contributed by atoms with Gasteiger partial charge in [0.1, 0.15) is 0 Å². The topological polar surface area (TPSA) is 115 Å². The third-order valence-electron chi connectivity index (χ3n) is 6.20. The summed E-state index contributed by atoms with van der Waals surface area (Å²) in [6.07, 6.45) is -2.92. The Kier molecular flexibility index (Phi) is 17.6. The van der Waals surface area contributed by atoms with E-state index in [0.717, 1.165) is 26.2 Å². The number of aliphatic carboxylic acids is 2. The Labute approximate surface area is 212 Å². The van der Waals surface area contributed by atoms with Gasteiger partial charge in [0.15, 0.2) is 23.9 Å². The predicted octanol–water partition coefficient (Wildman–Crippen LogP) is 2.12. The molecular formula is C24H52N4O7. The van der Waals surface area contributed by atoms with Crippen molar-refractivity contribution in [1.82, 2.24) is 19.6 Å². The van der Waals surface area contributed by atoms with Crippen molar-refractivity contribution >= 4 is 11.9 Å². The van der Waals surface area contributed by atoms with Crippen LogP contribution in [-0.4, -0.2) is 133 Å². The summed E-state index contributed by atoms with van der Waals surface area (Å²) in [5, 5.41) is 17.4. The van der Waals surface area contributed by atoms with Crippen LogP contribution in [-0.2, 0) is 23.8 Å². The van der Waals surface area contributed by atoms with Crippen LogP contribution in [0.5, 0.6) is 0 Å². The molecule has 0 aliphatic heterocycles. The quantitative estimate of drug-likeness (QED) is 0.282. The largest absolute Gasteiger partial charge is 0.479 e. The van der Waals surface area contributed by atoms with E-state index in [0.29, 0.717) is 0 Å². The minimum atomic E-state index is -1.46.